The number of phenolic OH excluding ortho intramolecular Hbond substituents is 1. The topological polar surface area (TPSA) is 61.8 Å². The predicted molar refractivity (Wildman–Crippen MR) is 115 cm³/mol. The Morgan fingerprint density at radius 2 is 2.00 bits per heavy atom. The van der Waals surface area contributed by atoms with E-state index in [0.717, 1.165) is 18.5 Å². The third kappa shape index (κ3) is 6.73. The Labute approximate surface area is 177 Å². The summed E-state index contributed by atoms with van der Waals surface area (Å²) in [6.45, 7) is 7.43. The summed E-state index contributed by atoms with van der Waals surface area (Å²) in [5.41, 5.74) is 1.08. The van der Waals surface area contributed by atoms with E-state index in [0.29, 0.717) is 37.9 Å². The molecule has 1 amide bonds. The number of likely N-dealkylation sites (tertiary alicyclic amines) is 1. The fourth-order valence-electron chi connectivity index (χ4n) is 3.82. The molecule has 6 heteroatoms. The van der Waals surface area contributed by atoms with Gasteiger partial charge in [-0.25, -0.2) is 4.39 Å². The number of phenols is 1. The van der Waals surface area contributed by atoms with Crippen LogP contribution in [0, 0.1) is 23.6 Å². The van der Waals surface area contributed by atoms with E-state index in [1.54, 1.807) is 24.3 Å². The Balaban J connectivity index is 1.65. The highest BCUT2D eigenvalue weighted by Crippen LogP contribution is 2.25. The van der Waals surface area contributed by atoms with Crippen molar-refractivity contribution >= 4 is 5.91 Å². The zero-order chi connectivity index (χ0) is 21.5. The first-order valence-corrected chi connectivity index (χ1v) is 10.6. The summed E-state index contributed by atoms with van der Waals surface area (Å²) < 4.78 is 19.3. The van der Waals surface area contributed by atoms with E-state index in [4.69, 9.17) is 4.74 Å². The molecule has 3 rings (SSSR count). The van der Waals surface area contributed by atoms with Gasteiger partial charge < -0.3 is 15.2 Å². The van der Waals surface area contributed by atoms with Crippen molar-refractivity contribution < 1.29 is 19.0 Å². The molecule has 0 aliphatic carbocycles. The number of halogens is 1. The van der Waals surface area contributed by atoms with Gasteiger partial charge in [-0.15, -0.1) is 0 Å². The van der Waals surface area contributed by atoms with E-state index in [2.05, 4.69) is 24.1 Å². The van der Waals surface area contributed by atoms with Crippen LogP contribution in [-0.2, 0) is 11.3 Å². The number of hydrogen-bond acceptors (Lipinski definition) is 4. The van der Waals surface area contributed by atoms with Gasteiger partial charge in [0.2, 0.25) is 5.91 Å². The van der Waals surface area contributed by atoms with Gasteiger partial charge in [0, 0.05) is 38.2 Å². The number of aromatic hydroxyl groups is 1. The number of carbonyl (C=O) groups excluding carboxylic acids is 1. The third-order valence-electron chi connectivity index (χ3n) is 5.29. The number of nitrogens with one attached hydrogen (secondary N) is 1. The van der Waals surface area contributed by atoms with Crippen molar-refractivity contribution in [1.29, 1.82) is 0 Å². The lowest BCUT2D eigenvalue weighted by Crippen LogP contribution is -2.47. The minimum absolute atomic E-state index is 0.0786. The molecule has 1 saturated heterocycles. The second kappa shape index (κ2) is 10.4. The molecule has 1 aliphatic heterocycles. The minimum Gasteiger partial charge on any atom is -0.508 e. The molecule has 1 heterocycles. The second-order valence-corrected chi connectivity index (χ2v) is 8.57. The van der Waals surface area contributed by atoms with Gasteiger partial charge in [-0.05, 0) is 42.2 Å². The molecular formula is C24H31FN2O3. The number of piperidine rings is 1. The Morgan fingerprint density at radius 3 is 2.70 bits per heavy atom. The van der Waals surface area contributed by atoms with Gasteiger partial charge in [0.1, 0.15) is 17.3 Å². The molecule has 2 atom stereocenters. The zero-order valence-corrected chi connectivity index (χ0v) is 17.7. The number of ether oxygens (including phenoxy) is 1. The Morgan fingerprint density at radius 1 is 1.23 bits per heavy atom. The maximum atomic E-state index is 13.4. The molecule has 0 radical (unpaired) electrons. The molecule has 1 fully saturated rings. The van der Waals surface area contributed by atoms with Crippen molar-refractivity contribution in [2.24, 2.45) is 17.8 Å². The van der Waals surface area contributed by atoms with Crippen LogP contribution in [0.1, 0.15) is 25.8 Å². The zero-order valence-electron chi connectivity index (χ0n) is 17.7. The number of benzene rings is 2. The quantitative estimate of drug-likeness (QED) is 0.689. The summed E-state index contributed by atoms with van der Waals surface area (Å²) in [4.78, 5) is 15.0. The van der Waals surface area contributed by atoms with Crippen LogP contribution in [0.25, 0.3) is 0 Å². The van der Waals surface area contributed by atoms with Gasteiger partial charge in [0.05, 0.1) is 12.5 Å². The Kier molecular flexibility index (Phi) is 7.69. The Hall–Kier alpha value is -2.60. The summed E-state index contributed by atoms with van der Waals surface area (Å²) >= 11 is 0. The number of nitrogens with zero attached hydrogens (tertiary/aromatic N) is 1. The molecule has 0 aromatic heterocycles. The van der Waals surface area contributed by atoms with Crippen LogP contribution < -0.4 is 10.1 Å². The van der Waals surface area contributed by atoms with E-state index in [9.17, 15) is 14.3 Å². The van der Waals surface area contributed by atoms with Crippen molar-refractivity contribution in [2.75, 3.05) is 26.2 Å². The van der Waals surface area contributed by atoms with Crippen molar-refractivity contribution in [3.63, 3.8) is 0 Å². The van der Waals surface area contributed by atoms with Crippen LogP contribution in [0.4, 0.5) is 4.39 Å². The first-order chi connectivity index (χ1) is 14.4. The number of amides is 1. The smallest absolute Gasteiger partial charge is 0.224 e. The standard InChI is InChI=1S/C24H31FN2O3/c1-17(2)12-26-24(29)20-10-19(16-30-23-5-3-4-21(25)11-23)14-27(15-20)13-18-6-8-22(28)9-7-18/h3-9,11,17,19-20,28H,10,12-16H2,1-2H3,(H,26,29)/t19-,20+/m0/s1. The molecule has 1 aliphatic rings. The third-order valence-corrected chi connectivity index (χ3v) is 5.29. The highest BCUT2D eigenvalue weighted by atomic mass is 19.1. The van der Waals surface area contributed by atoms with Crippen molar-refractivity contribution in [3.8, 4) is 11.5 Å². The van der Waals surface area contributed by atoms with Crippen LogP contribution in [0.5, 0.6) is 11.5 Å². The van der Waals surface area contributed by atoms with Crippen LogP contribution >= 0.6 is 0 Å². The highest BCUT2D eigenvalue weighted by Gasteiger charge is 2.32. The lowest BCUT2D eigenvalue weighted by Gasteiger charge is -2.37. The molecular weight excluding hydrogens is 383 g/mol. The van der Waals surface area contributed by atoms with Crippen LogP contribution in [0.15, 0.2) is 48.5 Å². The lowest BCUT2D eigenvalue weighted by atomic mass is 9.88. The van der Waals surface area contributed by atoms with E-state index < -0.39 is 0 Å². The van der Waals surface area contributed by atoms with Gasteiger partial charge in [-0.1, -0.05) is 32.0 Å². The molecule has 162 valence electrons. The Bertz CT molecular complexity index is 825. The second-order valence-electron chi connectivity index (χ2n) is 8.57. The number of hydrogen-bond donors (Lipinski definition) is 2. The van der Waals surface area contributed by atoms with Crippen LogP contribution in [-0.4, -0.2) is 42.2 Å². The van der Waals surface area contributed by atoms with Gasteiger partial charge in [-0.2, -0.15) is 0 Å². The maximum Gasteiger partial charge on any atom is 0.224 e. The maximum absolute atomic E-state index is 13.4. The van der Waals surface area contributed by atoms with Crippen molar-refractivity contribution in [1.82, 2.24) is 10.2 Å². The summed E-state index contributed by atoms with van der Waals surface area (Å²) in [5, 5.41) is 12.6. The van der Waals surface area contributed by atoms with Crippen molar-refractivity contribution in [2.45, 2.75) is 26.8 Å². The van der Waals surface area contributed by atoms with Gasteiger partial charge in [-0.3, -0.25) is 9.69 Å². The average molecular weight is 415 g/mol. The first-order valence-electron chi connectivity index (χ1n) is 10.6. The predicted octanol–water partition coefficient (Wildman–Crippen LogP) is 3.82. The molecule has 2 aromatic carbocycles. The first kappa shape index (κ1) is 22.1. The van der Waals surface area contributed by atoms with Crippen molar-refractivity contribution in [3.05, 3.63) is 59.9 Å². The molecule has 30 heavy (non-hydrogen) atoms. The van der Waals surface area contributed by atoms with E-state index in [1.807, 2.05) is 12.1 Å². The number of carbonyl (C=O) groups is 1. The molecule has 0 spiro atoms. The summed E-state index contributed by atoms with van der Waals surface area (Å²) in [7, 11) is 0. The van der Waals surface area contributed by atoms with Crippen LogP contribution in [0.3, 0.4) is 0 Å². The SMILES string of the molecule is CC(C)CNC(=O)[C@@H]1C[C@H](COc2cccc(F)c2)CN(Cc2ccc(O)cc2)C1. The molecule has 0 bridgehead atoms. The molecule has 2 aromatic rings. The van der Waals surface area contributed by atoms with Gasteiger partial charge >= 0.3 is 0 Å². The summed E-state index contributed by atoms with van der Waals surface area (Å²) in [6, 6.07) is 13.3. The largest absolute Gasteiger partial charge is 0.508 e. The summed E-state index contributed by atoms with van der Waals surface area (Å²) in [5.74, 6) is 0.949. The van der Waals surface area contributed by atoms with Gasteiger partial charge in [0.15, 0.2) is 0 Å². The van der Waals surface area contributed by atoms with Gasteiger partial charge in [0.25, 0.3) is 0 Å². The fourth-order valence-corrected chi connectivity index (χ4v) is 3.82. The highest BCUT2D eigenvalue weighted by molar-refractivity contribution is 5.79. The van der Waals surface area contributed by atoms with E-state index in [1.165, 1.54) is 12.1 Å². The monoisotopic (exact) mass is 414 g/mol. The molecule has 2 N–H and O–H groups in total. The molecule has 0 unspecified atom stereocenters. The molecule has 0 saturated carbocycles. The van der Waals surface area contributed by atoms with Crippen LogP contribution in [0.2, 0.25) is 0 Å². The normalized spacial score (nSPS) is 19.6. The fraction of sp³-hybridized carbons (Fsp3) is 0.458. The average Bonchev–Trinajstić information content (AvgIpc) is 2.72. The van der Waals surface area contributed by atoms with E-state index in [-0.39, 0.29) is 29.3 Å². The minimum atomic E-state index is -0.323. The van der Waals surface area contributed by atoms with E-state index >= 15 is 0 Å². The summed E-state index contributed by atoms with van der Waals surface area (Å²) in [6.07, 6.45) is 0.741. The molecule has 5 nitrogen and oxygen atoms in total. The number of rotatable bonds is 8. The lowest BCUT2D eigenvalue weighted by molar-refractivity contribution is -0.128.